The topological polar surface area (TPSA) is 44.5 Å². The third-order valence-electron chi connectivity index (χ3n) is 4.74. The van der Waals surface area contributed by atoms with Gasteiger partial charge in [0, 0.05) is 11.6 Å². The Hall–Kier alpha value is -1.22. The summed E-state index contributed by atoms with van der Waals surface area (Å²) in [4.78, 5) is 0. The molecule has 1 aliphatic carbocycles. The molecule has 1 aromatic rings. The van der Waals surface area contributed by atoms with Crippen molar-refractivity contribution in [3.8, 4) is 11.5 Å². The average Bonchev–Trinajstić information content (AvgIpc) is 2.95. The van der Waals surface area contributed by atoms with Crippen LogP contribution in [0.2, 0.25) is 0 Å². The van der Waals surface area contributed by atoms with E-state index in [4.69, 9.17) is 15.2 Å². The SMILES string of the molecule is CCC1(C(N)c2cc(OC)ccc2OC)CCCC1. The van der Waals surface area contributed by atoms with Gasteiger partial charge in [0.15, 0.2) is 0 Å². The number of methoxy groups -OCH3 is 2. The van der Waals surface area contributed by atoms with E-state index in [1.807, 2.05) is 18.2 Å². The maximum atomic E-state index is 6.61. The minimum absolute atomic E-state index is 0.0186. The van der Waals surface area contributed by atoms with Crippen LogP contribution < -0.4 is 15.2 Å². The third-order valence-corrected chi connectivity index (χ3v) is 4.74. The minimum Gasteiger partial charge on any atom is -0.497 e. The number of ether oxygens (including phenoxy) is 2. The van der Waals surface area contributed by atoms with Crippen molar-refractivity contribution in [3.63, 3.8) is 0 Å². The van der Waals surface area contributed by atoms with Crippen LogP contribution in [-0.2, 0) is 0 Å². The van der Waals surface area contributed by atoms with Gasteiger partial charge in [0.2, 0.25) is 0 Å². The fourth-order valence-corrected chi connectivity index (χ4v) is 3.38. The highest BCUT2D eigenvalue weighted by atomic mass is 16.5. The van der Waals surface area contributed by atoms with Crippen molar-refractivity contribution in [2.24, 2.45) is 11.1 Å². The highest BCUT2D eigenvalue weighted by Gasteiger charge is 2.39. The molecule has 2 N–H and O–H groups in total. The Morgan fingerprint density at radius 1 is 1.21 bits per heavy atom. The molecule has 0 aliphatic heterocycles. The van der Waals surface area contributed by atoms with Crippen LogP contribution in [0.1, 0.15) is 50.6 Å². The summed E-state index contributed by atoms with van der Waals surface area (Å²) < 4.78 is 10.8. The van der Waals surface area contributed by atoms with Crippen molar-refractivity contribution in [2.75, 3.05) is 14.2 Å². The molecule has 2 rings (SSSR count). The predicted molar refractivity (Wildman–Crippen MR) is 77.7 cm³/mol. The quantitative estimate of drug-likeness (QED) is 0.881. The first-order valence-corrected chi connectivity index (χ1v) is 7.14. The summed E-state index contributed by atoms with van der Waals surface area (Å²) in [6.45, 7) is 2.25. The molecule has 1 atom stereocenters. The van der Waals surface area contributed by atoms with Crippen molar-refractivity contribution < 1.29 is 9.47 Å². The Labute approximate surface area is 116 Å². The van der Waals surface area contributed by atoms with Gasteiger partial charge >= 0.3 is 0 Å². The van der Waals surface area contributed by atoms with Crippen molar-refractivity contribution in [2.45, 2.75) is 45.1 Å². The highest BCUT2D eigenvalue weighted by molar-refractivity contribution is 5.43. The zero-order chi connectivity index (χ0) is 13.9. The lowest BCUT2D eigenvalue weighted by Gasteiger charge is -2.35. The van der Waals surface area contributed by atoms with Gasteiger partial charge in [-0.2, -0.15) is 0 Å². The van der Waals surface area contributed by atoms with Crippen LogP contribution in [0.15, 0.2) is 18.2 Å². The summed E-state index contributed by atoms with van der Waals surface area (Å²) in [6.07, 6.45) is 6.12. The van der Waals surface area contributed by atoms with Gasteiger partial charge in [0.1, 0.15) is 11.5 Å². The van der Waals surface area contributed by atoms with Crippen LogP contribution in [0.5, 0.6) is 11.5 Å². The van der Waals surface area contributed by atoms with Crippen molar-refractivity contribution >= 4 is 0 Å². The Morgan fingerprint density at radius 3 is 2.42 bits per heavy atom. The molecule has 0 bridgehead atoms. The van der Waals surface area contributed by atoms with E-state index in [1.54, 1.807) is 14.2 Å². The zero-order valence-corrected chi connectivity index (χ0v) is 12.2. The molecule has 0 radical (unpaired) electrons. The van der Waals surface area contributed by atoms with Gasteiger partial charge in [-0.15, -0.1) is 0 Å². The van der Waals surface area contributed by atoms with E-state index in [0.717, 1.165) is 23.5 Å². The second-order valence-electron chi connectivity index (χ2n) is 5.51. The van der Waals surface area contributed by atoms with Crippen LogP contribution in [0.25, 0.3) is 0 Å². The highest BCUT2D eigenvalue weighted by Crippen LogP contribution is 2.50. The Bertz CT molecular complexity index is 425. The van der Waals surface area contributed by atoms with E-state index in [1.165, 1.54) is 25.7 Å². The van der Waals surface area contributed by atoms with Gasteiger partial charge < -0.3 is 15.2 Å². The fourth-order valence-electron chi connectivity index (χ4n) is 3.38. The number of benzene rings is 1. The summed E-state index contributed by atoms with van der Waals surface area (Å²) in [5.74, 6) is 1.71. The Kier molecular flexibility index (Phi) is 4.35. The molecule has 1 unspecified atom stereocenters. The van der Waals surface area contributed by atoms with Crippen LogP contribution in [-0.4, -0.2) is 14.2 Å². The largest absolute Gasteiger partial charge is 0.497 e. The van der Waals surface area contributed by atoms with Crippen LogP contribution in [0.3, 0.4) is 0 Å². The molecule has 0 spiro atoms. The van der Waals surface area contributed by atoms with Crippen molar-refractivity contribution in [1.29, 1.82) is 0 Å². The van der Waals surface area contributed by atoms with Crippen LogP contribution >= 0.6 is 0 Å². The fraction of sp³-hybridized carbons (Fsp3) is 0.625. The van der Waals surface area contributed by atoms with E-state index < -0.39 is 0 Å². The lowest BCUT2D eigenvalue weighted by atomic mass is 9.73. The standard InChI is InChI=1S/C16H25NO2/c1-4-16(9-5-6-10-16)15(17)13-11-12(18-2)7-8-14(13)19-3/h7-8,11,15H,4-6,9-10,17H2,1-3H3. The molecule has 0 aromatic heterocycles. The van der Waals surface area contributed by atoms with Gasteiger partial charge in [-0.3, -0.25) is 0 Å². The lowest BCUT2D eigenvalue weighted by molar-refractivity contribution is 0.217. The number of hydrogen-bond acceptors (Lipinski definition) is 3. The first-order chi connectivity index (χ1) is 9.16. The summed E-state index contributed by atoms with van der Waals surface area (Å²) in [5, 5.41) is 0. The van der Waals surface area contributed by atoms with Gasteiger partial charge in [-0.25, -0.2) is 0 Å². The maximum Gasteiger partial charge on any atom is 0.123 e. The van der Waals surface area contributed by atoms with Gasteiger partial charge in [-0.1, -0.05) is 19.8 Å². The normalized spacial score (nSPS) is 19.2. The van der Waals surface area contributed by atoms with Gasteiger partial charge in [-0.05, 0) is 42.9 Å². The first-order valence-electron chi connectivity index (χ1n) is 7.14. The van der Waals surface area contributed by atoms with Gasteiger partial charge in [0.05, 0.1) is 14.2 Å². The van der Waals surface area contributed by atoms with Crippen molar-refractivity contribution in [1.82, 2.24) is 0 Å². The second-order valence-corrected chi connectivity index (χ2v) is 5.51. The van der Waals surface area contributed by atoms with Crippen LogP contribution in [0, 0.1) is 5.41 Å². The molecule has 106 valence electrons. The molecule has 0 amide bonds. The molecular weight excluding hydrogens is 238 g/mol. The third kappa shape index (κ3) is 2.57. The molecule has 1 fully saturated rings. The predicted octanol–water partition coefficient (Wildman–Crippen LogP) is 3.67. The maximum absolute atomic E-state index is 6.61. The lowest BCUT2D eigenvalue weighted by Crippen LogP contribution is -2.32. The average molecular weight is 263 g/mol. The minimum atomic E-state index is 0.0186. The second kappa shape index (κ2) is 5.83. The van der Waals surface area contributed by atoms with E-state index in [0.29, 0.717) is 0 Å². The monoisotopic (exact) mass is 263 g/mol. The molecule has 1 saturated carbocycles. The van der Waals surface area contributed by atoms with Crippen molar-refractivity contribution in [3.05, 3.63) is 23.8 Å². The molecular formula is C16H25NO2. The Balaban J connectivity index is 2.38. The summed E-state index contributed by atoms with van der Waals surface area (Å²) in [7, 11) is 3.38. The Morgan fingerprint density at radius 2 is 1.89 bits per heavy atom. The molecule has 3 nitrogen and oxygen atoms in total. The number of rotatable bonds is 5. The zero-order valence-electron chi connectivity index (χ0n) is 12.2. The smallest absolute Gasteiger partial charge is 0.123 e. The van der Waals surface area contributed by atoms with Gasteiger partial charge in [0.25, 0.3) is 0 Å². The van der Waals surface area contributed by atoms with E-state index >= 15 is 0 Å². The van der Waals surface area contributed by atoms with E-state index in [2.05, 4.69) is 6.92 Å². The molecule has 0 saturated heterocycles. The van der Waals surface area contributed by atoms with Crippen LogP contribution in [0.4, 0.5) is 0 Å². The molecule has 1 aliphatic rings. The number of hydrogen-bond donors (Lipinski definition) is 1. The molecule has 3 heteroatoms. The summed E-state index contributed by atoms with van der Waals surface area (Å²) >= 11 is 0. The van der Waals surface area contributed by atoms with E-state index in [-0.39, 0.29) is 11.5 Å². The first kappa shape index (κ1) is 14.2. The molecule has 1 aromatic carbocycles. The summed E-state index contributed by atoms with van der Waals surface area (Å²) in [6, 6.07) is 5.92. The molecule has 19 heavy (non-hydrogen) atoms. The number of nitrogens with two attached hydrogens (primary N) is 1. The molecule has 0 heterocycles. The van der Waals surface area contributed by atoms with E-state index in [9.17, 15) is 0 Å². The summed E-state index contributed by atoms with van der Waals surface area (Å²) in [5.41, 5.74) is 7.91.